The molecular weight excluding hydrogens is 443 g/mol. The van der Waals surface area contributed by atoms with E-state index in [1.165, 1.54) is 21.5 Å². The monoisotopic (exact) mass is 469 g/mol. The Balaban J connectivity index is 1.72. The molecule has 0 spiro atoms. The average Bonchev–Trinajstić information content (AvgIpc) is 2.95. The van der Waals surface area contributed by atoms with Crippen LogP contribution in [0.1, 0.15) is 16.8 Å². The van der Waals surface area contributed by atoms with Gasteiger partial charge in [0.2, 0.25) is 0 Å². The van der Waals surface area contributed by atoms with Gasteiger partial charge in [0.15, 0.2) is 0 Å². The molecule has 0 N–H and O–H groups in total. The number of hydrogen-bond acceptors (Lipinski definition) is 1. The largest absolute Gasteiger partial charge is 0.456 e. The third-order valence-corrected chi connectivity index (χ3v) is 11.3. The zero-order chi connectivity index (χ0) is 23.5. The summed E-state index contributed by atoms with van der Waals surface area (Å²) in [6, 6.07) is 52.2. The summed E-state index contributed by atoms with van der Waals surface area (Å²) in [5.74, 6) is 1.85. The molecule has 1 nitrogen and oxygen atoms in total. The van der Waals surface area contributed by atoms with Crippen LogP contribution in [0.2, 0.25) is 0 Å². The summed E-state index contributed by atoms with van der Waals surface area (Å²) >= 11 is 0. The Hall–Kier alpha value is -3.93. The lowest BCUT2D eigenvalue weighted by atomic mass is 10.0. The lowest BCUT2D eigenvalue weighted by Gasteiger charge is -2.36. The van der Waals surface area contributed by atoms with Crippen molar-refractivity contribution in [2.24, 2.45) is 0 Å². The highest BCUT2D eigenvalue weighted by atomic mass is 31.2. The molecule has 0 aliphatic carbocycles. The van der Waals surface area contributed by atoms with Crippen molar-refractivity contribution in [3.05, 3.63) is 163 Å². The summed E-state index contributed by atoms with van der Waals surface area (Å²) in [5.41, 5.74) is 2.45. The SMILES string of the molecule is C1=C(c2ccccc2)Oc2ccccc2[C@H]1[P+](c1ccccc1)(c1ccccc1)c1ccccc1. The molecule has 0 radical (unpaired) electrons. The van der Waals surface area contributed by atoms with Crippen molar-refractivity contribution >= 4 is 28.9 Å². The molecule has 1 aliphatic heterocycles. The van der Waals surface area contributed by atoms with Crippen LogP contribution in [0.25, 0.3) is 5.76 Å². The molecule has 0 bridgehead atoms. The van der Waals surface area contributed by atoms with Gasteiger partial charge in [0.1, 0.15) is 40.3 Å². The van der Waals surface area contributed by atoms with E-state index in [4.69, 9.17) is 4.74 Å². The van der Waals surface area contributed by atoms with Crippen molar-refractivity contribution in [3.8, 4) is 5.75 Å². The first-order valence-electron chi connectivity index (χ1n) is 12.0. The minimum Gasteiger partial charge on any atom is -0.456 e. The third kappa shape index (κ3) is 3.79. The molecule has 6 rings (SSSR count). The van der Waals surface area contributed by atoms with E-state index >= 15 is 0 Å². The van der Waals surface area contributed by atoms with Crippen molar-refractivity contribution < 1.29 is 4.74 Å². The molecule has 0 saturated heterocycles. The molecule has 5 aromatic carbocycles. The number of hydrogen-bond donors (Lipinski definition) is 0. The van der Waals surface area contributed by atoms with Crippen molar-refractivity contribution in [1.29, 1.82) is 0 Å². The zero-order valence-corrected chi connectivity index (χ0v) is 20.3. The smallest absolute Gasteiger partial charge is 0.134 e. The third-order valence-electron chi connectivity index (χ3n) is 6.73. The van der Waals surface area contributed by atoms with Crippen LogP contribution >= 0.6 is 7.26 Å². The Kier molecular flexibility index (Phi) is 5.78. The first-order valence-corrected chi connectivity index (χ1v) is 13.8. The molecule has 0 amide bonds. The summed E-state index contributed by atoms with van der Waals surface area (Å²) in [5, 5.41) is 4.09. The van der Waals surface area contributed by atoms with E-state index in [2.05, 4.69) is 146 Å². The van der Waals surface area contributed by atoms with Crippen LogP contribution in [-0.2, 0) is 0 Å². The Morgan fingerprint density at radius 1 is 0.457 bits per heavy atom. The molecule has 1 heterocycles. The highest BCUT2D eigenvalue weighted by molar-refractivity contribution is 7.96. The van der Waals surface area contributed by atoms with Crippen LogP contribution in [0.15, 0.2) is 152 Å². The molecule has 5 aromatic rings. The van der Waals surface area contributed by atoms with Gasteiger partial charge >= 0.3 is 0 Å². The number of rotatable bonds is 5. The summed E-state index contributed by atoms with van der Waals surface area (Å²) in [4.78, 5) is 0. The van der Waals surface area contributed by atoms with E-state index in [-0.39, 0.29) is 5.66 Å². The van der Waals surface area contributed by atoms with E-state index < -0.39 is 7.26 Å². The second-order valence-electron chi connectivity index (χ2n) is 8.71. The summed E-state index contributed by atoms with van der Waals surface area (Å²) in [7, 11) is -2.18. The van der Waals surface area contributed by atoms with Gasteiger partial charge in [-0.05, 0) is 42.5 Å². The highest BCUT2D eigenvalue weighted by Crippen LogP contribution is 2.69. The van der Waals surface area contributed by atoms with Crippen LogP contribution < -0.4 is 20.7 Å². The number of benzene rings is 5. The van der Waals surface area contributed by atoms with Crippen molar-refractivity contribution in [2.75, 3.05) is 0 Å². The fraction of sp³-hybridized carbons (Fsp3) is 0.0303. The van der Waals surface area contributed by atoms with Gasteiger partial charge in [0.25, 0.3) is 0 Å². The van der Waals surface area contributed by atoms with Crippen LogP contribution in [0.5, 0.6) is 5.75 Å². The van der Waals surface area contributed by atoms with E-state index in [1.807, 2.05) is 6.07 Å². The van der Waals surface area contributed by atoms with E-state index in [9.17, 15) is 0 Å². The quantitative estimate of drug-likeness (QED) is 0.248. The highest BCUT2D eigenvalue weighted by Gasteiger charge is 2.54. The molecule has 35 heavy (non-hydrogen) atoms. The first-order chi connectivity index (χ1) is 17.4. The van der Waals surface area contributed by atoms with Crippen molar-refractivity contribution in [3.63, 3.8) is 0 Å². The summed E-state index contributed by atoms with van der Waals surface area (Å²) in [6.07, 6.45) is 2.37. The Morgan fingerprint density at radius 2 is 0.886 bits per heavy atom. The second kappa shape index (κ2) is 9.37. The predicted molar refractivity (Wildman–Crippen MR) is 149 cm³/mol. The van der Waals surface area contributed by atoms with Gasteiger partial charge in [0, 0.05) is 17.2 Å². The maximum atomic E-state index is 6.53. The molecule has 1 aliphatic rings. The van der Waals surface area contributed by atoms with E-state index in [1.54, 1.807) is 0 Å². The van der Waals surface area contributed by atoms with Gasteiger partial charge in [-0.2, -0.15) is 0 Å². The first kappa shape index (κ1) is 21.6. The van der Waals surface area contributed by atoms with Crippen molar-refractivity contribution in [1.82, 2.24) is 0 Å². The lowest BCUT2D eigenvalue weighted by molar-refractivity contribution is 0.497. The van der Waals surface area contributed by atoms with Gasteiger partial charge in [-0.1, -0.05) is 103 Å². The van der Waals surface area contributed by atoms with Crippen LogP contribution in [0.4, 0.5) is 0 Å². The number of fused-ring (bicyclic) bond motifs is 1. The average molecular weight is 470 g/mol. The molecule has 1 atom stereocenters. The van der Waals surface area contributed by atoms with Gasteiger partial charge in [-0.3, -0.25) is 0 Å². The van der Waals surface area contributed by atoms with Gasteiger partial charge in [-0.25, -0.2) is 0 Å². The minimum absolute atomic E-state index is 0.120. The van der Waals surface area contributed by atoms with Crippen LogP contribution in [0.3, 0.4) is 0 Å². The van der Waals surface area contributed by atoms with Crippen molar-refractivity contribution in [2.45, 2.75) is 5.66 Å². The fourth-order valence-corrected chi connectivity index (χ4v) is 9.97. The number of para-hydroxylation sites is 1. The van der Waals surface area contributed by atoms with E-state index in [0.717, 1.165) is 17.1 Å². The number of ether oxygens (including phenoxy) is 1. The molecular formula is C33H26OP+. The molecule has 0 saturated carbocycles. The number of allylic oxidation sites excluding steroid dienone is 1. The Labute approximate surface area is 207 Å². The second-order valence-corrected chi connectivity index (χ2v) is 12.3. The molecule has 168 valence electrons. The maximum Gasteiger partial charge on any atom is 0.134 e. The molecule has 0 fully saturated rings. The summed E-state index contributed by atoms with van der Waals surface area (Å²) in [6.45, 7) is 0. The lowest BCUT2D eigenvalue weighted by Crippen LogP contribution is -2.35. The maximum absolute atomic E-state index is 6.53. The van der Waals surface area contributed by atoms with Crippen LogP contribution in [-0.4, -0.2) is 0 Å². The Bertz CT molecular complexity index is 1350. The fourth-order valence-electron chi connectivity index (χ4n) is 5.20. The van der Waals surface area contributed by atoms with Gasteiger partial charge in [0.05, 0.1) is 0 Å². The standard InChI is InChI=1S/C33H26OP/c1-5-15-26(16-6-1)32-25-33(30-23-13-14-24-31(30)34-32)35(27-17-7-2-8-18-27,28-19-9-3-10-20-28)29-21-11-4-12-22-29/h1-25,33H/q+1/t33-/m0/s1. The van der Waals surface area contributed by atoms with Crippen LogP contribution in [0, 0.1) is 0 Å². The Morgan fingerprint density at radius 3 is 1.40 bits per heavy atom. The summed E-state index contributed by atoms with van der Waals surface area (Å²) < 4.78 is 6.53. The topological polar surface area (TPSA) is 9.23 Å². The van der Waals surface area contributed by atoms with Gasteiger partial charge < -0.3 is 4.74 Å². The van der Waals surface area contributed by atoms with Gasteiger partial charge in [-0.15, -0.1) is 0 Å². The molecule has 0 aromatic heterocycles. The minimum atomic E-state index is -2.18. The normalized spacial score (nSPS) is 15.0. The zero-order valence-electron chi connectivity index (χ0n) is 19.4. The molecule has 2 heteroatoms. The van der Waals surface area contributed by atoms with E-state index in [0.29, 0.717) is 0 Å². The predicted octanol–water partition coefficient (Wildman–Crippen LogP) is 7.16. The molecule has 0 unspecified atom stereocenters.